The first-order valence-electron chi connectivity index (χ1n) is 6.07. The molecule has 2 nitrogen and oxygen atoms in total. The average Bonchev–Trinajstić information content (AvgIpc) is 2.25. The largest absolute Gasteiger partial charge is 0.429 e. The third kappa shape index (κ3) is 3.58. The highest BCUT2D eigenvalue weighted by molar-refractivity contribution is 6.47. The van der Waals surface area contributed by atoms with Crippen LogP contribution in [0.2, 0.25) is 0 Å². The Labute approximate surface area is 106 Å². The third-order valence-corrected chi connectivity index (χ3v) is 3.56. The molecule has 0 aliphatic rings. The molecule has 0 heterocycles. The van der Waals surface area contributed by atoms with E-state index in [0.717, 1.165) is 11.0 Å². The summed E-state index contributed by atoms with van der Waals surface area (Å²) < 4.78 is 5.94. The fourth-order valence-electron chi connectivity index (χ4n) is 1.22. The first-order chi connectivity index (χ1) is 7.78. The van der Waals surface area contributed by atoms with Gasteiger partial charge in [0.05, 0.1) is 5.60 Å². The van der Waals surface area contributed by atoms with Crippen LogP contribution in [0.3, 0.4) is 0 Å². The van der Waals surface area contributed by atoms with Crippen LogP contribution in [0.25, 0.3) is 0 Å². The molecule has 0 amide bonds. The molecule has 1 radical (unpaired) electrons. The molecule has 0 atom stereocenters. The Morgan fingerprint density at radius 2 is 1.71 bits per heavy atom. The summed E-state index contributed by atoms with van der Waals surface area (Å²) in [5.74, 6) is 0. The summed E-state index contributed by atoms with van der Waals surface area (Å²) in [6, 6.07) is 8.05. The Kier molecular flexibility index (Phi) is 4.39. The van der Waals surface area contributed by atoms with Crippen molar-refractivity contribution < 1.29 is 4.65 Å². The Morgan fingerprint density at radius 1 is 1.12 bits per heavy atom. The van der Waals surface area contributed by atoms with E-state index >= 15 is 0 Å². The molecular formula is C14H23BNO. The van der Waals surface area contributed by atoms with Crippen LogP contribution in [-0.4, -0.2) is 13.1 Å². The Hall–Kier alpha value is -0.795. The van der Waals surface area contributed by atoms with E-state index in [1.165, 1.54) is 0 Å². The van der Waals surface area contributed by atoms with E-state index in [2.05, 4.69) is 34.6 Å². The Bertz CT molecular complexity index is 369. The number of rotatable bonds is 4. The minimum atomic E-state index is -0.214. The molecule has 0 aliphatic carbocycles. The summed E-state index contributed by atoms with van der Waals surface area (Å²) in [5.41, 5.74) is 7.74. The molecule has 1 rings (SSSR count). The zero-order valence-corrected chi connectivity index (χ0v) is 11.6. The molecule has 0 spiro atoms. The van der Waals surface area contributed by atoms with Crippen LogP contribution >= 0.6 is 0 Å². The molecule has 0 bridgehead atoms. The molecule has 0 unspecified atom stereocenters. The van der Waals surface area contributed by atoms with Gasteiger partial charge in [-0.25, -0.2) is 0 Å². The summed E-state index contributed by atoms with van der Waals surface area (Å²) >= 11 is 0. The normalized spacial score (nSPS) is 12.6. The molecule has 17 heavy (non-hydrogen) atoms. The zero-order valence-electron chi connectivity index (χ0n) is 11.6. The molecule has 1 aromatic carbocycles. The van der Waals surface area contributed by atoms with Gasteiger partial charge >= 0.3 is 7.48 Å². The SMILES string of the molecule is CC(C)(C)C(C)(C)O[B]c1ccccc1CN. The quantitative estimate of drug-likeness (QED) is 0.808. The summed E-state index contributed by atoms with van der Waals surface area (Å²) in [6.07, 6.45) is 0. The topological polar surface area (TPSA) is 35.2 Å². The van der Waals surface area contributed by atoms with Gasteiger partial charge in [-0.15, -0.1) is 0 Å². The number of nitrogens with two attached hydrogens (primary N) is 1. The van der Waals surface area contributed by atoms with Crippen molar-refractivity contribution >= 4 is 12.9 Å². The van der Waals surface area contributed by atoms with Crippen molar-refractivity contribution in [1.29, 1.82) is 0 Å². The fraction of sp³-hybridized carbons (Fsp3) is 0.571. The molecule has 1 aromatic rings. The molecule has 0 fully saturated rings. The van der Waals surface area contributed by atoms with E-state index in [1.807, 2.05) is 31.7 Å². The highest BCUT2D eigenvalue weighted by atomic mass is 16.5. The molecule has 3 heteroatoms. The van der Waals surface area contributed by atoms with Gasteiger partial charge < -0.3 is 10.4 Å². The molecule has 0 saturated heterocycles. The summed E-state index contributed by atoms with van der Waals surface area (Å²) in [7, 11) is 1.83. The predicted molar refractivity (Wildman–Crippen MR) is 74.3 cm³/mol. The van der Waals surface area contributed by atoms with Gasteiger partial charge in [-0.2, -0.15) is 0 Å². The molecule has 0 saturated carbocycles. The third-order valence-electron chi connectivity index (χ3n) is 3.56. The van der Waals surface area contributed by atoms with Crippen LogP contribution < -0.4 is 11.2 Å². The van der Waals surface area contributed by atoms with Gasteiger partial charge in [0.15, 0.2) is 0 Å². The Morgan fingerprint density at radius 3 is 2.24 bits per heavy atom. The second-order valence-electron chi connectivity index (χ2n) is 5.90. The van der Waals surface area contributed by atoms with Gasteiger partial charge in [0, 0.05) is 6.54 Å². The van der Waals surface area contributed by atoms with Crippen molar-refractivity contribution in [2.24, 2.45) is 11.1 Å². The highest BCUT2D eigenvalue weighted by Gasteiger charge is 2.33. The van der Waals surface area contributed by atoms with Crippen molar-refractivity contribution in [3.05, 3.63) is 29.8 Å². The molecular weight excluding hydrogens is 209 g/mol. The summed E-state index contributed by atoms with van der Waals surface area (Å²) in [6.45, 7) is 11.3. The molecule has 0 aromatic heterocycles. The highest BCUT2D eigenvalue weighted by Crippen LogP contribution is 2.32. The van der Waals surface area contributed by atoms with Crippen molar-refractivity contribution in [1.82, 2.24) is 0 Å². The maximum absolute atomic E-state index is 5.94. The van der Waals surface area contributed by atoms with Gasteiger partial charge in [0.25, 0.3) is 0 Å². The monoisotopic (exact) mass is 232 g/mol. The van der Waals surface area contributed by atoms with Crippen molar-refractivity contribution in [3.8, 4) is 0 Å². The second-order valence-corrected chi connectivity index (χ2v) is 5.90. The van der Waals surface area contributed by atoms with Gasteiger partial charge in [-0.1, -0.05) is 45.0 Å². The van der Waals surface area contributed by atoms with Crippen molar-refractivity contribution in [2.75, 3.05) is 0 Å². The first-order valence-corrected chi connectivity index (χ1v) is 6.07. The lowest BCUT2D eigenvalue weighted by atomic mass is 9.75. The van der Waals surface area contributed by atoms with Gasteiger partial charge in [-0.05, 0) is 30.3 Å². The number of benzene rings is 1. The van der Waals surface area contributed by atoms with Crippen LogP contribution in [-0.2, 0) is 11.2 Å². The smallest absolute Gasteiger partial charge is 0.331 e. The second kappa shape index (κ2) is 5.24. The first kappa shape index (κ1) is 14.3. The minimum Gasteiger partial charge on any atom is -0.429 e. The molecule has 2 N–H and O–H groups in total. The van der Waals surface area contributed by atoms with Gasteiger partial charge in [0.1, 0.15) is 0 Å². The Balaban J connectivity index is 2.74. The average molecular weight is 232 g/mol. The summed E-state index contributed by atoms with van der Waals surface area (Å²) in [5, 5.41) is 0. The fourth-order valence-corrected chi connectivity index (χ4v) is 1.22. The lowest BCUT2D eigenvalue weighted by Crippen LogP contribution is -2.43. The van der Waals surface area contributed by atoms with Crippen LogP contribution in [0.1, 0.15) is 40.2 Å². The van der Waals surface area contributed by atoms with Crippen molar-refractivity contribution in [2.45, 2.75) is 46.8 Å². The predicted octanol–water partition coefficient (Wildman–Crippen LogP) is 2.23. The van der Waals surface area contributed by atoms with E-state index in [1.54, 1.807) is 0 Å². The minimum absolute atomic E-state index is 0.0845. The van der Waals surface area contributed by atoms with E-state index < -0.39 is 0 Å². The summed E-state index contributed by atoms with van der Waals surface area (Å²) in [4.78, 5) is 0. The van der Waals surface area contributed by atoms with Crippen LogP contribution in [0, 0.1) is 5.41 Å². The number of hydrogen-bond acceptors (Lipinski definition) is 2. The maximum Gasteiger partial charge on any atom is 0.331 e. The van der Waals surface area contributed by atoms with Crippen LogP contribution in [0.15, 0.2) is 24.3 Å². The van der Waals surface area contributed by atoms with E-state index in [4.69, 9.17) is 10.4 Å². The standard InChI is InChI=1S/C14H23BNO/c1-13(2,3)14(4,5)17-15-12-9-7-6-8-11(12)10-16/h6-9H,10,16H2,1-5H3. The van der Waals surface area contributed by atoms with Gasteiger partial charge in [-0.3, -0.25) is 0 Å². The lowest BCUT2D eigenvalue weighted by Gasteiger charge is -2.39. The van der Waals surface area contributed by atoms with Crippen LogP contribution in [0.4, 0.5) is 0 Å². The number of hydrogen-bond donors (Lipinski definition) is 1. The lowest BCUT2D eigenvalue weighted by molar-refractivity contribution is 0.00502. The van der Waals surface area contributed by atoms with E-state index in [0.29, 0.717) is 6.54 Å². The van der Waals surface area contributed by atoms with Crippen molar-refractivity contribution in [3.63, 3.8) is 0 Å². The molecule has 93 valence electrons. The van der Waals surface area contributed by atoms with E-state index in [-0.39, 0.29) is 11.0 Å². The molecule has 0 aliphatic heterocycles. The van der Waals surface area contributed by atoms with Crippen LogP contribution in [0.5, 0.6) is 0 Å². The zero-order chi connectivity index (χ0) is 13.1. The maximum atomic E-state index is 5.94. The van der Waals surface area contributed by atoms with Gasteiger partial charge in [0.2, 0.25) is 0 Å². The van der Waals surface area contributed by atoms with E-state index in [9.17, 15) is 0 Å².